The molecule has 0 aliphatic carbocycles. The monoisotopic (exact) mass is 293 g/mol. The molecule has 0 amide bonds. The molecule has 0 bridgehead atoms. The second-order valence-electron chi connectivity index (χ2n) is 5.27. The Kier molecular flexibility index (Phi) is 4.77. The zero-order valence-corrected chi connectivity index (χ0v) is 12.7. The maximum absolute atomic E-state index is 9.79. The van der Waals surface area contributed by atoms with E-state index in [1.54, 1.807) is 0 Å². The van der Waals surface area contributed by atoms with Crippen LogP contribution in [0.4, 0.5) is 0 Å². The fourth-order valence-electron chi connectivity index (χ4n) is 2.65. The molecule has 20 heavy (non-hydrogen) atoms. The average molecular weight is 294 g/mol. The second-order valence-corrected chi connectivity index (χ2v) is 5.65. The van der Waals surface area contributed by atoms with Crippen molar-refractivity contribution in [3.63, 3.8) is 0 Å². The number of ether oxygens (including phenoxy) is 2. The molecule has 2 unspecified atom stereocenters. The number of halogens is 1. The van der Waals surface area contributed by atoms with E-state index in [1.807, 2.05) is 24.3 Å². The molecule has 0 fully saturated rings. The summed E-state index contributed by atoms with van der Waals surface area (Å²) in [6.45, 7) is 4.16. The molecule has 1 aromatic rings. The minimum atomic E-state index is -0.664. The van der Waals surface area contributed by atoms with Gasteiger partial charge in [0.05, 0.1) is 6.07 Å². The van der Waals surface area contributed by atoms with Crippen molar-refractivity contribution in [3.05, 3.63) is 24.3 Å². The number of fused-ring (bicyclic) bond motifs is 1. The molecule has 1 aliphatic rings. The van der Waals surface area contributed by atoms with Gasteiger partial charge in [0.25, 0.3) is 6.29 Å². The van der Waals surface area contributed by atoms with E-state index in [2.05, 4.69) is 19.9 Å². The van der Waals surface area contributed by atoms with E-state index >= 15 is 0 Å². The first-order valence-electron chi connectivity index (χ1n) is 7.07. The fraction of sp³-hybridized carbons (Fsp3) is 0.562. The fourth-order valence-corrected chi connectivity index (χ4v) is 2.78. The summed E-state index contributed by atoms with van der Waals surface area (Å²) in [5.41, 5.74) is -0.664. The lowest BCUT2D eigenvalue weighted by Crippen LogP contribution is -2.44. The van der Waals surface area contributed by atoms with Crippen LogP contribution in [0, 0.1) is 22.7 Å². The Morgan fingerprint density at radius 3 is 2.40 bits per heavy atom. The number of rotatable bonds is 6. The van der Waals surface area contributed by atoms with Crippen LogP contribution in [0.2, 0.25) is 0 Å². The third-order valence-electron chi connectivity index (χ3n) is 4.16. The molecular formula is C16H20ClNO2. The van der Waals surface area contributed by atoms with Gasteiger partial charge in [0.15, 0.2) is 11.5 Å². The van der Waals surface area contributed by atoms with Gasteiger partial charge in [-0.05, 0) is 30.9 Å². The molecule has 108 valence electrons. The molecule has 0 saturated carbocycles. The number of nitriles is 1. The first kappa shape index (κ1) is 15.0. The number of nitrogens with zero attached hydrogens (tertiary/aromatic N) is 1. The summed E-state index contributed by atoms with van der Waals surface area (Å²) in [4.78, 5) is 0. The van der Waals surface area contributed by atoms with E-state index < -0.39 is 11.7 Å². The maximum atomic E-state index is 9.79. The van der Waals surface area contributed by atoms with Gasteiger partial charge in [-0.25, -0.2) is 0 Å². The minimum Gasteiger partial charge on any atom is -0.449 e. The molecule has 1 aliphatic heterocycles. The Hall–Kier alpha value is -1.40. The lowest BCUT2D eigenvalue weighted by Gasteiger charge is -2.35. The van der Waals surface area contributed by atoms with Gasteiger partial charge in [-0.3, -0.25) is 0 Å². The molecular weight excluding hydrogens is 274 g/mol. The number of para-hydroxylation sites is 2. The summed E-state index contributed by atoms with van der Waals surface area (Å²) in [6, 6.07) is 10.0. The van der Waals surface area contributed by atoms with Gasteiger partial charge >= 0.3 is 0 Å². The lowest BCUT2D eigenvalue weighted by atomic mass is 9.72. The van der Waals surface area contributed by atoms with Crippen LogP contribution in [0.1, 0.15) is 33.1 Å². The van der Waals surface area contributed by atoms with Crippen LogP contribution in [0.15, 0.2) is 24.3 Å². The Labute approximate surface area is 125 Å². The van der Waals surface area contributed by atoms with Gasteiger partial charge in [0, 0.05) is 5.88 Å². The van der Waals surface area contributed by atoms with Crippen molar-refractivity contribution < 1.29 is 9.47 Å². The van der Waals surface area contributed by atoms with E-state index in [4.69, 9.17) is 21.1 Å². The smallest absolute Gasteiger partial charge is 0.260 e. The second kappa shape index (κ2) is 6.37. The Morgan fingerprint density at radius 2 is 1.95 bits per heavy atom. The number of alkyl halides is 1. The van der Waals surface area contributed by atoms with Gasteiger partial charge in [0.2, 0.25) is 0 Å². The summed E-state index contributed by atoms with van der Waals surface area (Å²) >= 11 is 5.82. The van der Waals surface area contributed by atoms with Crippen molar-refractivity contribution >= 4 is 11.6 Å². The highest BCUT2D eigenvalue weighted by molar-refractivity contribution is 6.17. The highest BCUT2D eigenvalue weighted by Gasteiger charge is 2.49. The normalized spacial score (nSPS) is 18.3. The van der Waals surface area contributed by atoms with Gasteiger partial charge in [-0.15, -0.1) is 11.6 Å². The van der Waals surface area contributed by atoms with Crippen LogP contribution >= 0.6 is 11.6 Å². The molecule has 1 heterocycles. The molecule has 2 atom stereocenters. The summed E-state index contributed by atoms with van der Waals surface area (Å²) in [6.07, 6.45) is 1.80. The first-order chi connectivity index (χ1) is 9.67. The lowest BCUT2D eigenvalue weighted by molar-refractivity contribution is -0.0684. The van der Waals surface area contributed by atoms with Crippen LogP contribution in [0.5, 0.6) is 11.5 Å². The van der Waals surface area contributed by atoms with Crippen LogP contribution in [-0.2, 0) is 0 Å². The average Bonchev–Trinajstić information content (AvgIpc) is 2.92. The number of benzene rings is 1. The Balaban J connectivity index is 2.27. The van der Waals surface area contributed by atoms with E-state index in [0.717, 1.165) is 12.8 Å². The topological polar surface area (TPSA) is 42.2 Å². The van der Waals surface area contributed by atoms with Crippen molar-refractivity contribution in [3.8, 4) is 17.6 Å². The van der Waals surface area contributed by atoms with Crippen molar-refractivity contribution in [1.82, 2.24) is 0 Å². The maximum Gasteiger partial charge on any atom is 0.260 e. The van der Waals surface area contributed by atoms with Crippen LogP contribution in [0.3, 0.4) is 0 Å². The third kappa shape index (κ3) is 2.58. The van der Waals surface area contributed by atoms with Crippen molar-refractivity contribution in [2.45, 2.75) is 39.4 Å². The van der Waals surface area contributed by atoms with Crippen molar-refractivity contribution in [1.29, 1.82) is 5.26 Å². The van der Waals surface area contributed by atoms with Gasteiger partial charge < -0.3 is 9.47 Å². The standard InChI is InChI=1S/C16H20ClNO2/c1-3-12(2)16(11-18,9-6-10-17)15-19-13-7-4-5-8-14(13)20-15/h4-5,7-8,12,15H,3,6,9-10H2,1-2H3. The van der Waals surface area contributed by atoms with Gasteiger partial charge in [-0.2, -0.15) is 5.26 Å². The summed E-state index contributed by atoms with van der Waals surface area (Å²) in [7, 11) is 0. The molecule has 1 aromatic carbocycles. The SMILES string of the molecule is CCC(C)C(C#N)(CCCCl)C1Oc2ccccc2O1. The Bertz CT molecular complexity index is 474. The summed E-state index contributed by atoms with van der Waals surface area (Å²) in [5.74, 6) is 2.15. The molecule has 0 N–H and O–H groups in total. The van der Waals surface area contributed by atoms with Crippen LogP contribution in [-0.4, -0.2) is 12.2 Å². The van der Waals surface area contributed by atoms with Gasteiger partial charge in [-0.1, -0.05) is 32.4 Å². The predicted octanol–water partition coefficient (Wildman–Crippen LogP) is 4.36. The van der Waals surface area contributed by atoms with Crippen molar-refractivity contribution in [2.75, 3.05) is 5.88 Å². The van der Waals surface area contributed by atoms with Crippen molar-refractivity contribution in [2.24, 2.45) is 11.3 Å². The van der Waals surface area contributed by atoms with E-state index in [0.29, 0.717) is 23.8 Å². The molecule has 0 radical (unpaired) electrons. The third-order valence-corrected chi connectivity index (χ3v) is 4.43. The highest BCUT2D eigenvalue weighted by Crippen LogP contribution is 2.46. The number of hydrogen-bond acceptors (Lipinski definition) is 3. The summed E-state index contributed by atoms with van der Waals surface area (Å²) in [5, 5.41) is 9.79. The molecule has 0 spiro atoms. The Morgan fingerprint density at radius 1 is 1.35 bits per heavy atom. The molecule has 2 rings (SSSR count). The van der Waals surface area contributed by atoms with E-state index in [9.17, 15) is 5.26 Å². The number of hydrogen-bond donors (Lipinski definition) is 0. The zero-order valence-electron chi connectivity index (χ0n) is 11.9. The largest absolute Gasteiger partial charge is 0.449 e. The van der Waals surface area contributed by atoms with Crippen LogP contribution in [0.25, 0.3) is 0 Å². The molecule has 0 aromatic heterocycles. The van der Waals surface area contributed by atoms with Crippen LogP contribution < -0.4 is 9.47 Å². The van der Waals surface area contributed by atoms with Gasteiger partial charge in [0.1, 0.15) is 5.41 Å². The predicted molar refractivity (Wildman–Crippen MR) is 78.9 cm³/mol. The zero-order chi connectivity index (χ0) is 14.6. The highest BCUT2D eigenvalue weighted by atomic mass is 35.5. The minimum absolute atomic E-state index is 0.176. The van der Waals surface area contributed by atoms with E-state index in [-0.39, 0.29) is 5.92 Å². The molecule has 0 saturated heterocycles. The molecule has 4 heteroatoms. The quantitative estimate of drug-likeness (QED) is 0.732. The molecule has 3 nitrogen and oxygen atoms in total. The summed E-state index contributed by atoms with van der Waals surface area (Å²) < 4.78 is 11.8. The first-order valence-corrected chi connectivity index (χ1v) is 7.61. The van der Waals surface area contributed by atoms with E-state index in [1.165, 1.54) is 0 Å².